The Morgan fingerprint density at radius 1 is 1.05 bits per heavy atom. The smallest absolute Gasteiger partial charge is 0.193 e. The molecule has 20 heavy (non-hydrogen) atoms. The van der Waals surface area contributed by atoms with Crippen molar-refractivity contribution in [3.63, 3.8) is 0 Å². The van der Waals surface area contributed by atoms with Crippen LogP contribution in [0.15, 0.2) is 28.3 Å². The Bertz CT molecular complexity index is 589. The quantitative estimate of drug-likeness (QED) is 0.879. The van der Waals surface area contributed by atoms with E-state index in [1.807, 2.05) is 19.9 Å². The minimum Gasteiger partial charge on any atom is -0.316 e. The van der Waals surface area contributed by atoms with Crippen molar-refractivity contribution in [3.8, 4) is 0 Å². The Balaban J connectivity index is 2.33. The Hall–Kier alpha value is -1.53. The number of nitrogens with one attached hydrogen (secondary N) is 1. The second kappa shape index (κ2) is 6.28. The van der Waals surface area contributed by atoms with Gasteiger partial charge in [-0.05, 0) is 56.4 Å². The van der Waals surface area contributed by atoms with Crippen LogP contribution in [0.3, 0.4) is 0 Å². The third-order valence-corrected chi connectivity index (χ3v) is 3.55. The van der Waals surface area contributed by atoms with Crippen LogP contribution in [0.2, 0.25) is 0 Å². The van der Waals surface area contributed by atoms with Crippen molar-refractivity contribution in [1.82, 2.24) is 15.3 Å². The third kappa shape index (κ3) is 3.52. The molecule has 0 aliphatic carbocycles. The van der Waals surface area contributed by atoms with Gasteiger partial charge in [0.1, 0.15) is 11.6 Å². The maximum Gasteiger partial charge on any atom is 0.193 e. The standard InChI is InChI=1S/C14H15F2N3S/c1-8-4-9(2)19-14(18-8)20-13-11(15)5-10(7-17-3)6-12(13)16/h4-6,17H,7H2,1-3H3. The van der Waals surface area contributed by atoms with Crippen LogP contribution in [0.1, 0.15) is 17.0 Å². The van der Waals surface area contributed by atoms with Gasteiger partial charge in [0.25, 0.3) is 0 Å². The first-order chi connectivity index (χ1) is 9.49. The molecule has 0 atom stereocenters. The summed E-state index contributed by atoms with van der Waals surface area (Å²) >= 11 is 0.903. The molecule has 0 saturated carbocycles. The molecule has 0 aliphatic heterocycles. The first-order valence-corrected chi connectivity index (χ1v) is 6.94. The minimum atomic E-state index is -0.594. The number of nitrogens with zero attached hydrogens (tertiary/aromatic N) is 2. The molecule has 6 heteroatoms. The highest BCUT2D eigenvalue weighted by atomic mass is 32.2. The molecule has 2 rings (SSSR count). The second-order valence-electron chi connectivity index (χ2n) is 4.45. The summed E-state index contributed by atoms with van der Waals surface area (Å²) in [5, 5.41) is 3.21. The Kier molecular flexibility index (Phi) is 4.67. The van der Waals surface area contributed by atoms with Crippen molar-refractivity contribution in [3.05, 3.63) is 46.8 Å². The molecule has 1 heterocycles. The minimum absolute atomic E-state index is 0.0742. The first-order valence-electron chi connectivity index (χ1n) is 6.12. The fraction of sp³-hybridized carbons (Fsp3) is 0.286. The van der Waals surface area contributed by atoms with E-state index in [0.717, 1.165) is 23.1 Å². The van der Waals surface area contributed by atoms with Gasteiger partial charge in [0.2, 0.25) is 0 Å². The zero-order valence-electron chi connectivity index (χ0n) is 11.5. The third-order valence-electron chi connectivity index (χ3n) is 2.59. The van der Waals surface area contributed by atoms with E-state index in [2.05, 4.69) is 15.3 Å². The molecule has 1 aromatic carbocycles. The molecule has 0 bridgehead atoms. The lowest BCUT2D eigenvalue weighted by Crippen LogP contribution is -2.06. The summed E-state index contributed by atoms with van der Waals surface area (Å²) in [7, 11) is 1.72. The molecule has 0 spiro atoms. The van der Waals surface area contributed by atoms with Gasteiger partial charge in [0, 0.05) is 17.9 Å². The Morgan fingerprint density at radius 2 is 1.60 bits per heavy atom. The van der Waals surface area contributed by atoms with Gasteiger partial charge in [-0.15, -0.1) is 0 Å². The normalized spacial score (nSPS) is 10.8. The molecule has 1 N–H and O–H groups in total. The van der Waals surface area contributed by atoms with E-state index in [-0.39, 0.29) is 4.90 Å². The molecule has 3 nitrogen and oxygen atoms in total. The van der Waals surface area contributed by atoms with E-state index in [1.54, 1.807) is 7.05 Å². The predicted molar refractivity (Wildman–Crippen MR) is 74.8 cm³/mol. The lowest BCUT2D eigenvalue weighted by Gasteiger charge is -2.08. The average molecular weight is 295 g/mol. The van der Waals surface area contributed by atoms with E-state index >= 15 is 0 Å². The van der Waals surface area contributed by atoms with Gasteiger partial charge in [0.15, 0.2) is 5.16 Å². The number of hydrogen-bond donors (Lipinski definition) is 1. The van der Waals surface area contributed by atoms with Crippen LogP contribution in [0.25, 0.3) is 0 Å². The number of rotatable bonds is 4. The molecule has 106 valence electrons. The van der Waals surface area contributed by atoms with E-state index < -0.39 is 11.6 Å². The molecule has 2 aromatic rings. The molecular weight excluding hydrogens is 280 g/mol. The number of halogens is 2. The van der Waals surface area contributed by atoms with Crippen molar-refractivity contribution in [2.24, 2.45) is 0 Å². The number of aromatic nitrogens is 2. The molecule has 0 amide bonds. The van der Waals surface area contributed by atoms with Gasteiger partial charge < -0.3 is 5.32 Å². The molecule has 0 fully saturated rings. The number of benzene rings is 1. The van der Waals surface area contributed by atoms with Crippen LogP contribution in [-0.4, -0.2) is 17.0 Å². The van der Waals surface area contributed by atoms with Crippen molar-refractivity contribution < 1.29 is 8.78 Å². The lowest BCUT2D eigenvalue weighted by atomic mass is 10.2. The average Bonchev–Trinajstić information content (AvgIpc) is 2.33. The summed E-state index contributed by atoms with van der Waals surface area (Å²) in [6.45, 7) is 4.06. The van der Waals surface area contributed by atoms with Gasteiger partial charge in [-0.2, -0.15) is 0 Å². The van der Waals surface area contributed by atoms with Gasteiger partial charge in [-0.25, -0.2) is 18.7 Å². The zero-order valence-corrected chi connectivity index (χ0v) is 12.3. The van der Waals surface area contributed by atoms with Crippen LogP contribution < -0.4 is 5.32 Å². The van der Waals surface area contributed by atoms with E-state index in [9.17, 15) is 8.78 Å². The van der Waals surface area contributed by atoms with Crippen LogP contribution in [0, 0.1) is 25.5 Å². The molecule has 1 aromatic heterocycles. The summed E-state index contributed by atoms with van der Waals surface area (Å²) in [5.41, 5.74) is 2.11. The highest BCUT2D eigenvalue weighted by Gasteiger charge is 2.14. The second-order valence-corrected chi connectivity index (χ2v) is 5.43. The zero-order chi connectivity index (χ0) is 14.7. The summed E-state index contributed by atoms with van der Waals surface area (Å²) in [6, 6.07) is 4.46. The largest absolute Gasteiger partial charge is 0.316 e. The first kappa shape index (κ1) is 14.9. The predicted octanol–water partition coefficient (Wildman–Crippen LogP) is 3.24. The van der Waals surface area contributed by atoms with Crippen molar-refractivity contribution in [2.75, 3.05) is 7.05 Å². The number of aryl methyl sites for hydroxylation is 2. The Morgan fingerprint density at radius 3 is 2.10 bits per heavy atom. The van der Waals surface area contributed by atoms with E-state index in [1.165, 1.54) is 12.1 Å². The summed E-state index contributed by atoms with van der Waals surface area (Å²) in [4.78, 5) is 8.28. The lowest BCUT2D eigenvalue weighted by molar-refractivity contribution is 0.535. The van der Waals surface area contributed by atoms with Crippen LogP contribution >= 0.6 is 11.8 Å². The fourth-order valence-corrected chi connectivity index (χ4v) is 2.72. The summed E-state index contributed by atoms with van der Waals surface area (Å²) < 4.78 is 28.0. The molecule has 0 unspecified atom stereocenters. The van der Waals surface area contributed by atoms with Gasteiger partial charge >= 0.3 is 0 Å². The fourth-order valence-electron chi connectivity index (χ4n) is 1.85. The highest BCUT2D eigenvalue weighted by Crippen LogP contribution is 2.31. The molecule has 0 aliphatic rings. The van der Waals surface area contributed by atoms with Crippen LogP contribution in [0.5, 0.6) is 0 Å². The van der Waals surface area contributed by atoms with Crippen molar-refractivity contribution >= 4 is 11.8 Å². The van der Waals surface area contributed by atoms with Gasteiger partial charge in [-0.1, -0.05) is 0 Å². The summed E-state index contributed by atoms with van der Waals surface area (Å²) in [5.74, 6) is -1.19. The van der Waals surface area contributed by atoms with Crippen molar-refractivity contribution in [1.29, 1.82) is 0 Å². The van der Waals surface area contributed by atoms with E-state index in [0.29, 0.717) is 17.3 Å². The number of hydrogen-bond acceptors (Lipinski definition) is 4. The maximum atomic E-state index is 14.0. The highest BCUT2D eigenvalue weighted by molar-refractivity contribution is 7.99. The monoisotopic (exact) mass is 295 g/mol. The SMILES string of the molecule is CNCc1cc(F)c(Sc2nc(C)cc(C)n2)c(F)c1. The van der Waals surface area contributed by atoms with Crippen LogP contribution in [-0.2, 0) is 6.54 Å². The molecule has 0 radical (unpaired) electrons. The van der Waals surface area contributed by atoms with Crippen LogP contribution in [0.4, 0.5) is 8.78 Å². The Labute approximate surface area is 120 Å². The summed E-state index contributed by atoms with van der Waals surface area (Å²) in [6.07, 6.45) is 0. The van der Waals surface area contributed by atoms with Crippen molar-refractivity contribution in [2.45, 2.75) is 30.4 Å². The maximum absolute atomic E-state index is 14.0. The van der Waals surface area contributed by atoms with Gasteiger partial charge in [-0.3, -0.25) is 0 Å². The molecular formula is C14H15F2N3S. The van der Waals surface area contributed by atoms with E-state index in [4.69, 9.17) is 0 Å². The molecule has 0 saturated heterocycles. The topological polar surface area (TPSA) is 37.8 Å². The van der Waals surface area contributed by atoms with Gasteiger partial charge in [0.05, 0.1) is 4.90 Å².